The standard InChI is InChI=1S/C15H19ClN4/c1-11-15(16)13(19-18-11)10-20-9-5-3-7-14(20)12-6-2-4-8-17-12/h2,4,6,8,14H,3,5,7,9-10H2,1H3,(H,18,19). The molecule has 0 bridgehead atoms. The highest BCUT2D eigenvalue weighted by Crippen LogP contribution is 2.32. The number of H-pyrrole nitrogens is 1. The van der Waals surface area contributed by atoms with Crippen molar-refractivity contribution in [2.45, 2.75) is 38.8 Å². The van der Waals surface area contributed by atoms with E-state index < -0.39 is 0 Å². The molecule has 0 aliphatic carbocycles. The fourth-order valence-corrected chi connectivity index (χ4v) is 3.00. The maximum Gasteiger partial charge on any atom is 0.0951 e. The number of hydrogen-bond donors (Lipinski definition) is 1. The van der Waals surface area contributed by atoms with Crippen LogP contribution >= 0.6 is 11.6 Å². The Kier molecular flexibility index (Phi) is 4.03. The van der Waals surface area contributed by atoms with Crippen LogP contribution in [0.2, 0.25) is 5.02 Å². The first kappa shape index (κ1) is 13.6. The summed E-state index contributed by atoms with van der Waals surface area (Å²) in [5, 5.41) is 8.03. The van der Waals surface area contributed by atoms with Crippen LogP contribution in [0, 0.1) is 6.92 Å². The van der Waals surface area contributed by atoms with Gasteiger partial charge in [-0.15, -0.1) is 0 Å². The molecule has 0 aromatic carbocycles. The van der Waals surface area contributed by atoms with E-state index in [-0.39, 0.29) is 0 Å². The van der Waals surface area contributed by atoms with Crippen molar-refractivity contribution in [1.82, 2.24) is 20.1 Å². The minimum Gasteiger partial charge on any atom is -0.289 e. The van der Waals surface area contributed by atoms with Crippen LogP contribution in [0.4, 0.5) is 0 Å². The second-order valence-electron chi connectivity index (χ2n) is 5.35. The average molecular weight is 291 g/mol. The Labute approximate surface area is 124 Å². The third-order valence-corrected chi connectivity index (χ3v) is 4.44. The van der Waals surface area contributed by atoms with Crippen LogP contribution in [0.15, 0.2) is 24.4 Å². The van der Waals surface area contributed by atoms with Gasteiger partial charge in [-0.3, -0.25) is 15.0 Å². The van der Waals surface area contributed by atoms with Gasteiger partial charge in [-0.2, -0.15) is 5.10 Å². The molecule has 1 aliphatic rings. The second-order valence-corrected chi connectivity index (χ2v) is 5.72. The number of hydrogen-bond acceptors (Lipinski definition) is 3. The molecule has 1 aliphatic heterocycles. The molecule has 1 unspecified atom stereocenters. The van der Waals surface area contributed by atoms with Crippen molar-refractivity contribution >= 4 is 11.6 Å². The Balaban J connectivity index is 1.81. The molecular formula is C15H19ClN4. The first-order chi connectivity index (χ1) is 9.75. The molecule has 0 spiro atoms. The summed E-state index contributed by atoms with van der Waals surface area (Å²) in [6.45, 7) is 3.80. The summed E-state index contributed by atoms with van der Waals surface area (Å²) < 4.78 is 0. The number of rotatable bonds is 3. The number of piperidine rings is 1. The Morgan fingerprint density at radius 1 is 1.40 bits per heavy atom. The number of pyridine rings is 1. The fourth-order valence-electron chi connectivity index (χ4n) is 2.85. The monoisotopic (exact) mass is 290 g/mol. The molecule has 106 valence electrons. The lowest BCUT2D eigenvalue weighted by Gasteiger charge is -2.34. The molecular weight excluding hydrogens is 272 g/mol. The van der Waals surface area contributed by atoms with E-state index in [9.17, 15) is 0 Å². The van der Waals surface area contributed by atoms with Gasteiger partial charge in [0.15, 0.2) is 0 Å². The molecule has 0 saturated carbocycles. The highest BCUT2D eigenvalue weighted by molar-refractivity contribution is 6.31. The fraction of sp³-hybridized carbons (Fsp3) is 0.467. The Morgan fingerprint density at radius 3 is 3.00 bits per heavy atom. The van der Waals surface area contributed by atoms with Gasteiger partial charge in [0.25, 0.3) is 0 Å². The summed E-state index contributed by atoms with van der Waals surface area (Å²) in [5.41, 5.74) is 3.02. The Morgan fingerprint density at radius 2 is 2.30 bits per heavy atom. The molecule has 3 rings (SSSR count). The molecule has 1 N–H and O–H groups in total. The van der Waals surface area contributed by atoms with E-state index in [0.29, 0.717) is 6.04 Å². The lowest BCUT2D eigenvalue weighted by Crippen LogP contribution is -2.33. The predicted octanol–water partition coefficient (Wildman–Crippen LogP) is 3.49. The van der Waals surface area contributed by atoms with Gasteiger partial charge in [-0.25, -0.2) is 0 Å². The predicted molar refractivity (Wildman–Crippen MR) is 79.6 cm³/mol. The van der Waals surface area contributed by atoms with E-state index in [0.717, 1.165) is 41.6 Å². The van der Waals surface area contributed by atoms with E-state index >= 15 is 0 Å². The van der Waals surface area contributed by atoms with Gasteiger partial charge in [0.1, 0.15) is 0 Å². The smallest absolute Gasteiger partial charge is 0.0951 e. The molecule has 5 heteroatoms. The van der Waals surface area contributed by atoms with E-state index in [1.165, 1.54) is 12.8 Å². The summed E-state index contributed by atoms with van der Waals surface area (Å²) in [5.74, 6) is 0. The first-order valence-corrected chi connectivity index (χ1v) is 7.48. The molecule has 2 aromatic heterocycles. The summed E-state index contributed by atoms with van der Waals surface area (Å²) in [6, 6.07) is 6.50. The van der Waals surface area contributed by atoms with Crippen molar-refractivity contribution < 1.29 is 0 Å². The van der Waals surface area contributed by atoms with Gasteiger partial charge >= 0.3 is 0 Å². The summed E-state index contributed by atoms with van der Waals surface area (Å²) >= 11 is 6.29. The average Bonchev–Trinajstić information content (AvgIpc) is 2.81. The molecule has 1 saturated heterocycles. The molecule has 20 heavy (non-hydrogen) atoms. The number of nitrogens with zero attached hydrogens (tertiary/aromatic N) is 3. The van der Waals surface area contributed by atoms with Crippen LogP contribution < -0.4 is 0 Å². The SMILES string of the molecule is Cc1[nH]nc(CN2CCCCC2c2ccccn2)c1Cl. The van der Waals surface area contributed by atoms with E-state index in [1.54, 1.807) is 0 Å². The zero-order valence-electron chi connectivity index (χ0n) is 11.6. The molecule has 1 fully saturated rings. The third kappa shape index (κ3) is 2.72. The number of halogens is 1. The lowest BCUT2D eigenvalue weighted by atomic mass is 9.98. The number of aromatic nitrogens is 3. The highest BCUT2D eigenvalue weighted by atomic mass is 35.5. The van der Waals surface area contributed by atoms with Gasteiger partial charge in [0.2, 0.25) is 0 Å². The number of likely N-dealkylation sites (tertiary alicyclic amines) is 1. The summed E-state index contributed by atoms with van der Waals surface area (Å²) in [4.78, 5) is 6.96. The van der Waals surface area contributed by atoms with Gasteiger partial charge in [0.05, 0.1) is 28.1 Å². The Bertz CT molecular complexity index is 567. The normalized spacial score (nSPS) is 20.2. The molecule has 4 nitrogen and oxygen atoms in total. The first-order valence-electron chi connectivity index (χ1n) is 7.10. The zero-order chi connectivity index (χ0) is 13.9. The molecule has 3 heterocycles. The van der Waals surface area contributed by atoms with Crippen molar-refractivity contribution in [3.63, 3.8) is 0 Å². The Hall–Kier alpha value is -1.39. The number of aryl methyl sites for hydroxylation is 1. The molecule has 0 radical (unpaired) electrons. The van der Waals surface area contributed by atoms with Crippen molar-refractivity contribution in [1.29, 1.82) is 0 Å². The quantitative estimate of drug-likeness (QED) is 0.941. The van der Waals surface area contributed by atoms with Crippen LogP contribution in [0.1, 0.15) is 42.4 Å². The zero-order valence-corrected chi connectivity index (χ0v) is 12.4. The maximum atomic E-state index is 6.29. The number of nitrogens with one attached hydrogen (secondary N) is 1. The van der Waals surface area contributed by atoms with Crippen LogP contribution in [0.5, 0.6) is 0 Å². The molecule has 2 aromatic rings. The lowest BCUT2D eigenvalue weighted by molar-refractivity contribution is 0.135. The summed E-state index contributed by atoms with van der Waals surface area (Å²) in [6.07, 6.45) is 5.50. The van der Waals surface area contributed by atoms with Crippen molar-refractivity contribution in [2.75, 3.05) is 6.54 Å². The largest absolute Gasteiger partial charge is 0.289 e. The van der Waals surface area contributed by atoms with Crippen molar-refractivity contribution in [3.05, 3.63) is 46.5 Å². The van der Waals surface area contributed by atoms with Gasteiger partial charge < -0.3 is 0 Å². The van der Waals surface area contributed by atoms with Crippen molar-refractivity contribution in [3.8, 4) is 0 Å². The minimum atomic E-state index is 0.373. The number of aromatic amines is 1. The minimum absolute atomic E-state index is 0.373. The maximum absolute atomic E-state index is 6.29. The van der Waals surface area contributed by atoms with Crippen LogP contribution in [0.3, 0.4) is 0 Å². The van der Waals surface area contributed by atoms with Crippen molar-refractivity contribution in [2.24, 2.45) is 0 Å². The summed E-state index contributed by atoms with van der Waals surface area (Å²) in [7, 11) is 0. The van der Waals surface area contributed by atoms with Gasteiger partial charge in [-0.05, 0) is 38.4 Å². The van der Waals surface area contributed by atoms with Crippen LogP contribution in [0.25, 0.3) is 0 Å². The second kappa shape index (κ2) is 5.94. The van der Waals surface area contributed by atoms with Gasteiger partial charge in [-0.1, -0.05) is 24.1 Å². The molecule has 1 atom stereocenters. The van der Waals surface area contributed by atoms with Gasteiger partial charge in [0, 0.05) is 12.7 Å². The highest BCUT2D eigenvalue weighted by Gasteiger charge is 2.26. The van der Waals surface area contributed by atoms with E-state index in [1.807, 2.05) is 19.2 Å². The van der Waals surface area contributed by atoms with E-state index in [2.05, 4.69) is 32.2 Å². The van der Waals surface area contributed by atoms with Crippen LogP contribution in [-0.2, 0) is 6.54 Å². The topological polar surface area (TPSA) is 44.8 Å². The van der Waals surface area contributed by atoms with Crippen LogP contribution in [-0.4, -0.2) is 26.6 Å². The third-order valence-electron chi connectivity index (χ3n) is 3.94. The molecule has 0 amide bonds. The van der Waals surface area contributed by atoms with E-state index in [4.69, 9.17) is 11.6 Å².